The van der Waals surface area contributed by atoms with Gasteiger partial charge in [0.05, 0.1) is 0 Å². The molecule has 0 saturated heterocycles. The van der Waals surface area contributed by atoms with E-state index in [9.17, 15) is 0 Å². The van der Waals surface area contributed by atoms with Gasteiger partial charge >= 0.3 is 67.4 Å². The third-order valence-electron chi connectivity index (χ3n) is 2.51. The number of fused-ring (bicyclic) bond motifs is 1. The molecule has 0 saturated carbocycles. The van der Waals surface area contributed by atoms with Crippen LogP contribution in [-0.2, 0) is 6.42 Å². The summed E-state index contributed by atoms with van der Waals surface area (Å²) in [5.41, 5.74) is 4.47. The van der Waals surface area contributed by atoms with Crippen LogP contribution in [0.4, 0.5) is 0 Å². The molecule has 1 heterocycles. The molecule has 0 bridgehead atoms. The van der Waals surface area contributed by atoms with Gasteiger partial charge in [0.1, 0.15) is 0 Å². The molecule has 0 aromatic heterocycles. The Morgan fingerprint density at radius 1 is 1.38 bits per heavy atom. The Kier molecular flexibility index (Phi) is 5.87. The maximum Gasteiger partial charge on any atom is 0 e. The van der Waals surface area contributed by atoms with Gasteiger partial charge < -0.3 is 0 Å². The van der Waals surface area contributed by atoms with Crippen molar-refractivity contribution in [1.82, 2.24) is 0 Å². The van der Waals surface area contributed by atoms with Crippen molar-refractivity contribution in [2.75, 3.05) is 0 Å². The van der Waals surface area contributed by atoms with Crippen LogP contribution in [0.5, 0.6) is 0 Å². The second-order valence-corrected chi connectivity index (χ2v) is 3.80. The summed E-state index contributed by atoms with van der Waals surface area (Å²) < 4.78 is 0. The Morgan fingerprint density at radius 3 is 2.50 bits per heavy atom. The fraction of sp³-hybridized carbons (Fsp3) is 0.300. The van der Waals surface area contributed by atoms with Crippen LogP contribution < -0.4 is 5.46 Å². The Morgan fingerprint density at radius 2 is 2.00 bits per heavy atom. The average molecular weight is 196 g/mol. The summed E-state index contributed by atoms with van der Waals surface area (Å²) in [6.07, 6.45) is 1.90. The van der Waals surface area contributed by atoms with Crippen molar-refractivity contribution < 1.29 is 0 Å². The van der Waals surface area contributed by atoms with Crippen molar-refractivity contribution in [2.24, 2.45) is 0 Å². The molecule has 0 N–H and O–H groups in total. The average Bonchev–Trinajstić information content (AvgIpc) is 2.72. The fourth-order valence-corrected chi connectivity index (χ4v) is 1.58. The Balaban J connectivity index is 0.000000221. The predicted octanol–water partition coefficient (Wildman–Crippen LogP) is -0.749. The van der Waals surface area contributed by atoms with Crippen LogP contribution in [0.25, 0.3) is 0 Å². The Labute approximate surface area is 104 Å². The van der Waals surface area contributed by atoms with E-state index in [0.29, 0.717) is 0 Å². The van der Waals surface area contributed by atoms with E-state index in [2.05, 4.69) is 38.1 Å². The summed E-state index contributed by atoms with van der Waals surface area (Å²) in [6, 6.07) is 8.63. The van der Waals surface area contributed by atoms with Crippen molar-refractivity contribution in [3.8, 4) is 0 Å². The van der Waals surface area contributed by atoms with Crippen LogP contribution in [0.1, 0.15) is 18.9 Å². The van der Waals surface area contributed by atoms with Gasteiger partial charge in [-0.25, -0.2) is 0 Å². The third kappa shape index (κ3) is 4.15. The molecule has 7 radical (unpaired) electrons. The molecule has 1 aliphatic heterocycles. The number of hydrogen-bond donors (Lipinski definition) is 0. The normalized spacial score (nSPS) is 11.4. The van der Waals surface area contributed by atoms with E-state index in [1.807, 2.05) is 0 Å². The second kappa shape index (κ2) is 6.93. The van der Waals surface area contributed by atoms with Crippen molar-refractivity contribution in [1.29, 1.82) is 0 Å². The minimum absolute atomic E-state index is 0.463. The molecule has 1 aliphatic rings. The van der Waals surface area contributed by atoms with Gasteiger partial charge in [0, 0.05) is 36.7 Å². The summed E-state index contributed by atoms with van der Waals surface area (Å²) in [6.45, 7) is 4.53. The van der Waals surface area contributed by atoms with Crippen LogP contribution in [-0.4, -0.2) is 49.0 Å². The first-order chi connectivity index (χ1) is 7.67. The number of hydrogen-bond acceptors (Lipinski definition) is 0. The molecule has 1 aromatic rings. The second-order valence-electron chi connectivity index (χ2n) is 3.80. The SMILES string of the molecule is CCC1=Bc2ccccc2C1.[B][B]B([B])[B]. The smallest absolute Gasteiger partial charge is 0 e. The van der Waals surface area contributed by atoms with E-state index in [-0.39, 0.29) is 0 Å². The maximum atomic E-state index is 4.89. The van der Waals surface area contributed by atoms with E-state index >= 15 is 0 Å². The summed E-state index contributed by atoms with van der Waals surface area (Å²) in [5.74, 6) is 0. The zero-order valence-corrected chi connectivity index (χ0v) is 9.69. The minimum atomic E-state index is -0.463. The molecular weight excluding hydrogens is 185 g/mol. The van der Waals surface area contributed by atoms with Gasteiger partial charge in [-0.15, -0.1) is 0 Å². The predicted molar refractivity (Wildman–Crippen MR) is 79.6 cm³/mol. The molecule has 2 rings (SSSR count). The molecule has 0 aliphatic carbocycles. The van der Waals surface area contributed by atoms with E-state index < -0.39 is 6.39 Å². The zero-order valence-electron chi connectivity index (χ0n) is 9.69. The van der Waals surface area contributed by atoms with Gasteiger partial charge in [0.25, 0.3) is 0 Å². The van der Waals surface area contributed by atoms with Gasteiger partial charge in [-0.2, -0.15) is 0 Å². The molecule has 0 unspecified atom stereocenters. The maximum absolute atomic E-state index is 4.89. The molecule has 6 heteroatoms. The van der Waals surface area contributed by atoms with E-state index in [1.54, 1.807) is 5.46 Å². The van der Waals surface area contributed by atoms with Gasteiger partial charge in [0.2, 0.25) is 0 Å². The molecule has 1 aromatic carbocycles. The minimum Gasteiger partial charge on any atom is 0 e. The first kappa shape index (κ1) is 13.5. The Bertz CT molecular complexity index is 360. The standard InChI is InChI=1S/C10H11B.B5/c1-2-9-7-8-5-3-4-6-10(8)11-9;1-4-5(2)3/h3-6H,2,7H2,1H3;. The van der Waals surface area contributed by atoms with Crippen molar-refractivity contribution in [3.63, 3.8) is 0 Å². The van der Waals surface area contributed by atoms with Crippen LogP contribution in [0.3, 0.4) is 0 Å². The molecule has 69 valence electrons. The number of benzene rings is 1. The van der Waals surface area contributed by atoms with E-state index in [1.165, 1.54) is 30.9 Å². The van der Waals surface area contributed by atoms with Crippen molar-refractivity contribution in [3.05, 3.63) is 29.8 Å². The van der Waals surface area contributed by atoms with E-state index in [0.717, 1.165) is 0 Å². The van der Waals surface area contributed by atoms with Crippen LogP contribution in [0, 0.1) is 0 Å². The summed E-state index contributed by atoms with van der Waals surface area (Å²) in [5, 5.41) is 0. The fourth-order valence-electron chi connectivity index (χ4n) is 1.58. The largest absolute Gasteiger partial charge is 0 e. The molecule has 0 amide bonds. The Hall–Kier alpha value is -0.520. The monoisotopic (exact) mass is 197 g/mol. The van der Waals surface area contributed by atoms with Gasteiger partial charge in [0.15, 0.2) is 0 Å². The summed E-state index contributed by atoms with van der Waals surface area (Å²) in [7, 11) is 15.8. The summed E-state index contributed by atoms with van der Waals surface area (Å²) in [4.78, 5) is 0. The molecule has 0 nitrogen and oxygen atoms in total. The molecule has 16 heavy (non-hydrogen) atoms. The van der Waals surface area contributed by atoms with Crippen LogP contribution in [0.2, 0.25) is 0 Å². The quantitative estimate of drug-likeness (QED) is 0.546. The first-order valence-electron chi connectivity index (χ1n) is 5.51. The topological polar surface area (TPSA) is 0 Å². The molecular formula is C10H11B6. The van der Waals surface area contributed by atoms with Gasteiger partial charge in [-0.3, -0.25) is 0 Å². The van der Waals surface area contributed by atoms with Gasteiger partial charge in [-0.05, 0) is 0 Å². The zero-order chi connectivity index (χ0) is 12.0. The van der Waals surface area contributed by atoms with Crippen LogP contribution >= 0.6 is 0 Å². The van der Waals surface area contributed by atoms with Crippen molar-refractivity contribution in [2.45, 2.75) is 19.8 Å². The molecule has 0 spiro atoms. The van der Waals surface area contributed by atoms with Gasteiger partial charge in [-0.1, -0.05) is 0 Å². The first-order valence-corrected chi connectivity index (χ1v) is 5.51. The third-order valence-corrected chi connectivity index (χ3v) is 2.51. The summed E-state index contributed by atoms with van der Waals surface area (Å²) >= 11 is 0. The van der Waals surface area contributed by atoms with Crippen LogP contribution in [0.15, 0.2) is 24.3 Å². The molecule has 0 atom stereocenters. The molecule has 0 fully saturated rings. The van der Waals surface area contributed by atoms with E-state index in [4.69, 9.17) is 23.2 Å². The number of rotatable bonds is 2. The van der Waals surface area contributed by atoms with Crippen molar-refractivity contribution >= 4 is 54.5 Å².